The number of carbonyl (C=O) groups is 2. The number of methoxy groups -OCH3 is 1. The van der Waals surface area contributed by atoms with Crippen molar-refractivity contribution in [1.29, 1.82) is 5.26 Å². The highest BCUT2D eigenvalue weighted by atomic mass is 19.4. The van der Waals surface area contributed by atoms with E-state index in [1.807, 2.05) is 0 Å². The van der Waals surface area contributed by atoms with Gasteiger partial charge in [0.2, 0.25) is 0 Å². The maximum Gasteiger partial charge on any atom is 0.416 e. The number of amides is 1. The SMILES string of the molecule is COc1cc(/C=C(\C#N)C(=O)NCCOCCC(=O)O)ccc1OCc1ccc(C(F)(F)F)cc1C(F)(F)F. The Hall–Kier alpha value is -4.25. The average molecular weight is 560 g/mol. The van der Waals surface area contributed by atoms with E-state index in [2.05, 4.69) is 5.32 Å². The zero-order valence-electron chi connectivity index (χ0n) is 20.3. The minimum absolute atomic E-state index is 0.0113. The van der Waals surface area contributed by atoms with Gasteiger partial charge in [-0.05, 0) is 35.9 Å². The number of carbonyl (C=O) groups excluding carboxylic acids is 1. The number of alkyl halides is 6. The molecule has 14 heteroatoms. The monoisotopic (exact) mass is 560 g/mol. The molecule has 210 valence electrons. The van der Waals surface area contributed by atoms with Gasteiger partial charge in [-0.3, -0.25) is 9.59 Å². The van der Waals surface area contributed by atoms with E-state index in [-0.39, 0.29) is 49.3 Å². The maximum absolute atomic E-state index is 13.4. The summed E-state index contributed by atoms with van der Waals surface area (Å²) in [5.41, 5.74) is -3.47. The Kier molecular flexibility index (Phi) is 10.7. The number of halogens is 6. The molecule has 0 radical (unpaired) electrons. The van der Waals surface area contributed by atoms with Crippen molar-refractivity contribution < 1.29 is 55.2 Å². The average Bonchev–Trinajstić information content (AvgIpc) is 2.86. The summed E-state index contributed by atoms with van der Waals surface area (Å²) < 4.78 is 94.4. The highest BCUT2D eigenvalue weighted by molar-refractivity contribution is 6.01. The van der Waals surface area contributed by atoms with E-state index >= 15 is 0 Å². The van der Waals surface area contributed by atoms with Gasteiger partial charge in [0.25, 0.3) is 5.91 Å². The van der Waals surface area contributed by atoms with Crippen molar-refractivity contribution in [3.8, 4) is 17.6 Å². The Morgan fingerprint density at radius 1 is 1.03 bits per heavy atom. The van der Waals surface area contributed by atoms with Crippen LogP contribution in [0.5, 0.6) is 11.5 Å². The van der Waals surface area contributed by atoms with E-state index in [4.69, 9.17) is 19.3 Å². The smallest absolute Gasteiger partial charge is 0.416 e. The first-order valence-electron chi connectivity index (χ1n) is 11.0. The fourth-order valence-corrected chi connectivity index (χ4v) is 3.10. The molecule has 0 heterocycles. The molecule has 0 aliphatic carbocycles. The van der Waals surface area contributed by atoms with E-state index in [1.54, 1.807) is 6.07 Å². The summed E-state index contributed by atoms with van der Waals surface area (Å²) >= 11 is 0. The largest absolute Gasteiger partial charge is 0.493 e. The molecule has 0 unspecified atom stereocenters. The standard InChI is InChI=1S/C25H22F6N2O6/c1-37-21-11-15(10-17(13-32)23(36)33-7-9-38-8-6-22(34)35)2-5-20(21)39-14-16-3-4-18(24(26,27)28)12-19(16)25(29,30)31/h2-5,10-12H,6-9,14H2,1H3,(H,33,36)(H,34,35)/b17-10+. The molecule has 2 aromatic carbocycles. The Bertz CT molecular complexity index is 1250. The van der Waals surface area contributed by atoms with Crippen molar-refractivity contribution in [1.82, 2.24) is 5.32 Å². The highest BCUT2D eigenvalue weighted by Crippen LogP contribution is 2.38. The van der Waals surface area contributed by atoms with Gasteiger partial charge in [0.15, 0.2) is 11.5 Å². The molecule has 8 nitrogen and oxygen atoms in total. The molecule has 1 amide bonds. The van der Waals surface area contributed by atoms with E-state index in [1.165, 1.54) is 31.4 Å². The van der Waals surface area contributed by atoms with Crippen molar-refractivity contribution in [3.05, 3.63) is 64.2 Å². The van der Waals surface area contributed by atoms with Crippen molar-refractivity contribution in [2.45, 2.75) is 25.4 Å². The van der Waals surface area contributed by atoms with Gasteiger partial charge in [-0.2, -0.15) is 31.6 Å². The third-order valence-electron chi connectivity index (χ3n) is 4.98. The number of nitriles is 1. The number of hydrogen-bond acceptors (Lipinski definition) is 6. The summed E-state index contributed by atoms with van der Waals surface area (Å²) in [6.45, 7) is -0.736. The zero-order valence-corrected chi connectivity index (χ0v) is 20.3. The molecular formula is C25H22F6N2O6. The van der Waals surface area contributed by atoms with Crippen LogP contribution in [0.1, 0.15) is 28.7 Å². The number of benzene rings is 2. The van der Waals surface area contributed by atoms with Crippen LogP contribution in [0.25, 0.3) is 6.08 Å². The van der Waals surface area contributed by atoms with Gasteiger partial charge in [-0.15, -0.1) is 0 Å². The second-order valence-electron chi connectivity index (χ2n) is 7.75. The van der Waals surface area contributed by atoms with Crippen LogP contribution in [0, 0.1) is 11.3 Å². The number of aliphatic carboxylic acids is 1. The second-order valence-corrected chi connectivity index (χ2v) is 7.75. The zero-order chi connectivity index (χ0) is 29.2. The molecule has 0 atom stereocenters. The van der Waals surface area contributed by atoms with Crippen LogP contribution in [-0.4, -0.2) is 43.9 Å². The number of hydrogen-bond donors (Lipinski definition) is 2. The Labute approximate surface area is 218 Å². The molecule has 39 heavy (non-hydrogen) atoms. The van der Waals surface area contributed by atoms with Crippen molar-refractivity contribution in [2.24, 2.45) is 0 Å². The van der Waals surface area contributed by atoms with Crippen LogP contribution in [0.2, 0.25) is 0 Å². The normalized spacial score (nSPS) is 12.0. The van der Waals surface area contributed by atoms with Crippen LogP contribution < -0.4 is 14.8 Å². The van der Waals surface area contributed by atoms with E-state index in [0.29, 0.717) is 17.7 Å². The summed E-state index contributed by atoms with van der Waals surface area (Å²) in [6.07, 6.45) is -9.00. The molecule has 2 rings (SSSR count). The number of nitrogens with one attached hydrogen (secondary N) is 1. The minimum atomic E-state index is -5.06. The second kappa shape index (κ2) is 13.5. The topological polar surface area (TPSA) is 118 Å². The lowest BCUT2D eigenvalue weighted by atomic mass is 10.0. The van der Waals surface area contributed by atoms with Gasteiger partial charge in [0.05, 0.1) is 37.9 Å². The molecular weight excluding hydrogens is 538 g/mol. The Morgan fingerprint density at radius 2 is 1.74 bits per heavy atom. The lowest BCUT2D eigenvalue weighted by Gasteiger charge is -2.17. The van der Waals surface area contributed by atoms with Gasteiger partial charge in [-0.1, -0.05) is 12.1 Å². The Balaban J connectivity index is 2.13. The highest BCUT2D eigenvalue weighted by Gasteiger charge is 2.38. The third-order valence-corrected chi connectivity index (χ3v) is 4.98. The molecule has 2 aromatic rings. The summed E-state index contributed by atoms with van der Waals surface area (Å²) in [4.78, 5) is 22.6. The van der Waals surface area contributed by atoms with E-state index in [0.717, 1.165) is 0 Å². The lowest BCUT2D eigenvalue weighted by Crippen LogP contribution is -2.28. The van der Waals surface area contributed by atoms with Crippen molar-refractivity contribution in [3.63, 3.8) is 0 Å². The van der Waals surface area contributed by atoms with Crippen molar-refractivity contribution >= 4 is 18.0 Å². The number of carboxylic acids is 1. The molecule has 2 N–H and O–H groups in total. The number of carboxylic acid groups (broad SMARTS) is 1. The fourth-order valence-electron chi connectivity index (χ4n) is 3.10. The maximum atomic E-state index is 13.4. The fraction of sp³-hybridized carbons (Fsp3) is 0.320. The van der Waals surface area contributed by atoms with E-state index < -0.39 is 47.5 Å². The number of ether oxygens (including phenoxy) is 3. The summed E-state index contributed by atoms with van der Waals surface area (Å²) in [5, 5.41) is 20.3. The molecule has 0 aromatic heterocycles. The summed E-state index contributed by atoms with van der Waals surface area (Å²) in [7, 11) is 1.23. The first-order valence-corrected chi connectivity index (χ1v) is 11.0. The predicted molar refractivity (Wildman–Crippen MR) is 123 cm³/mol. The van der Waals surface area contributed by atoms with Crippen LogP contribution in [0.3, 0.4) is 0 Å². The number of rotatable bonds is 12. The lowest BCUT2D eigenvalue weighted by molar-refractivity contribution is -0.144. The third kappa shape index (κ3) is 9.53. The summed E-state index contributed by atoms with van der Waals surface area (Å²) in [6, 6.07) is 6.97. The molecule has 0 aliphatic heterocycles. The summed E-state index contributed by atoms with van der Waals surface area (Å²) in [5.74, 6) is -1.79. The molecule has 0 spiro atoms. The van der Waals surface area contributed by atoms with Gasteiger partial charge in [0, 0.05) is 12.1 Å². The molecule has 0 aliphatic rings. The van der Waals surface area contributed by atoms with Gasteiger partial charge < -0.3 is 24.6 Å². The minimum Gasteiger partial charge on any atom is -0.493 e. The van der Waals surface area contributed by atoms with Crippen LogP contribution in [0.15, 0.2) is 42.0 Å². The quantitative estimate of drug-likeness (QED) is 0.165. The van der Waals surface area contributed by atoms with Crippen LogP contribution in [-0.2, 0) is 33.3 Å². The van der Waals surface area contributed by atoms with Gasteiger partial charge in [-0.25, -0.2) is 0 Å². The molecule has 0 saturated carbocycles. The predicted octanol–water partition coefficient (Wildman–Crippen LogP) is 4.83. The first-order chi connectivity index (χ1) is 18.3. The molecule has 0 saturated heterocycles. The molecule has 0 bridgehead atoms. The van der Waals surface area contributed by atoms with Gasteiger partial charge >= 0.3 is 18.3 Å². The first kappa shape index (κ1) is 31.0. The van der Waals surface area contributed by atoms with Crippen LogP contribution >= 0.6 is 0 Å². The number of nitrogens with zero attached hydrogens (tertiary/aromatic N) is 1. The molecule has 0 fully saturated rings. The van der Waals surface area contributed by atoms with E-state index in [9.17, 15) is 41.2 Å². The van der Waals surface area contributed by atoms with Crippen LogP contribution in [0.4, 0.5) is 26.3 Å². The Morgan fingerprint density at radius 3 is 2.33 bits per heavy atom. The van der Waals surface area contributed by atoms with Gasteiger partial charge in [0.1, 0.15) is 18.2 Å². The van der Waals surface area contributed by atoms with Crippen molar-refractivity contribution in [2.75, 3.05) is 26.9 Å².